The van der Waals surface area contributed by atoms with Crippen LogP contribution in [0.15, 0.2) is 30.3 Å². The Hall–Kier alpha value is -1.88. The van der Waals surface area contributed by atoms with Crippen molar-refractivity contribution in [1.82, 2.24) is 4.90 Å². The Balaban J connectivity index is 1.69. The number of ketones is 1. The summed E-state index contributed by atoms with van der Waals surface area (Å²) in [4.78, 5) is 25.1. The van der Waals surface area contributed by atoms with Crippen LogP contribution in [0.25, 0.3) is 0 Å². The molecule has 5 nitrogen and oxygen atoms in total. The molecule has 1 unspecified atom stereocenters. The number of benzene rings is 1. The van der Waals surface area contributed by atoms with Gasteiger partial charge in [0, 0.05) is 25.3 Å². The number of amides is 1. The fourth-order valence-corrected chi connectivity index (χ4v) is 3.62. The van der Waals surface area contributed by atoms with Crippen LogP contribution in [-0.4, -0.2) is 41.3 Å². The predicted molar refractivity (Wildman–Crippen MR) is 77.7 cm³/mol. The van der Waals surface area contributed by atoms with Crippen LogP contribution in [0.2, 0.25) is 0 Å². The van der Waals surface area contributed by atoms with Gasteiger partial charge in [0.2, 0.25) is 5.91 Å². The van der Waals surface area contributed by atoms with Crippen molar-refractivity contribution in [2.75, 3.05) is 13.2 Å². The number of para-hydroxylation sites is 1. The first kappa shape index (κ1) is 14.1. The minimum absolute atomic E-state index is 0.00439. The van der Waals surface area contributed by atoms with Crippen LogP contribution in [0.1, 0.15) is 13.8 Å². The second kappa shape index (κ2) is 4.84. The van der Waals surface area contributed by atoms with Crippen molar-refractivity contribution >= 4 is 11.7 Å². The molecule has 2 aliphatic rings. The molecule has 1 heterocycles. The zero-order valence-corrected chi connectivity index (χ0v) is 12.3. The maximum atomic E-state index is 11.9. The summed E-state index contributed by atoms with van der Waals surface area (Å²) in [6, 6.07) is 9.10. The molecule has 21 heavy (non-hydrogen) atoms. The molecule has 4 atom stereocenters. The van der Waals surface area contributed by atoms with Gasteiger partial charge in [-0.3, -0.25) is 9.59 Å². The number of nitrogens with zero attached hydrogens (tertiary/aromatic N) is 1. The van der Waals surface area contributed by atoms with Crippen LogP contribution in [-0.2, 0) is 9.59 Å². The molecule has 0 bridgehead atoms. The summed E-state index contributed by atoms with van der Waals surface area (Å²) in [5, 5.41) is 0. The first-order valence-corrected chi connectivity index (χ1v) is 7.19. The van der Waals surface area contributed by atoms with E-state index >= 15 is 0 Å². The van der Waals surface area contributed by atoms with E-state index in [-0.39, 0.29) is 23.5 Å². The summed E-state index contributed by atoms with van der Waals surface area (Å²) in [7, 11) is 0. The van der Waals surface area contributed by atoms with Crippen molar-refractivity contribution < 1.29 is 14.3 Å². The third-order valence-corrected chi connectivity index (χ3v) is 4.76. The molecule has 1 amide bonds. The molecular formula is C16H20N2O3. The van der Waals surface area contributed by atoms with Gasteiger partial charge in [-0.2, -0.15) is 0 Å². The molecule has 5 heteroatoms. The summed E-state index contributed by atoms with van der Waals surface area (Å²) < 4.78 is 5.75. The Kier molecular flexibility index (Phi) is 3.24. The van der Waals surface area contributed by atoms with Crippen molar-refractivity contribution in [3.63, 3.8) is 0 Å². The van der Waals surface area contributed by atoms with E-state index in [0.29, 0.717) is 13.2 Å². The normalized spacial score (nSPS) is 33.5. The van der Waals surface area contributed by atoms with Crippen molar-refractivity contribution in [2.45, 2.75) is 25.4 Å². The lowest BCUT2D eigenvalue weighted by atomic mass is 10.0. The van der Waals surface area contributed by atoms with Gasteiger partial charge in [-0.15, -0.1) is 0 Å². The standard InChI is InChI=1S/C16H20N2O3/c1-10(19)15-14-13(8-18(15)11(2)20)16(14,17)9-21-12-6-4-3-5-7-12/h3-7,13-15H,8-9,17H2,1-2H3/t13-,14?,15+,16+/m0/s1. The smallest absolute Gasteiger partial charge is 0.220 e. The molecule has 0 aromatic heterocycles. The zero-order valence-electron chi connectivity index (χ0n) is 12.3. The van der Waals surface area contributed by atoms with Gasteiger partial charge in [-0.05, 0) is 19.1 Å². The molecule has 1 aromatic carbocycles. The summed E-state index contributed by atoms with van der Waals surface area (Å²) in [5.74, 6) is 0.884. The number of likely N-dealkylation sites (tertiary alicyclic amines) is 1. The van der Waals surface area contributed by atoms with E-state index in [1.807, 2.05) is 30.3 Å². The van der Waals surface area contributed by atoms with Gasteiger partial charge in [0.15, 0.2) is 5.78 Å². The van der Waals surface area contributed by atoms with E-state index in [2.05, 4.69) is 0 Å². The number of hydrogen-bond acceptors (Lipinski definition) is 4. The van der Waals surface area contributed by atoms with E-state index < -0.39 is 11.6 Å². The Labute approximate surface area is 124 Å². The average molecular weight is 288 g/mol. The molecule has 2 N–H and O–H groups in total. The number of rotatable bonds is 4. The van der Waals surface area contributed by atoms with Crippen LogP contribution in [0.5, 0.6) is 5.75 Å². The highest BCUT2D eigenvalue weighted by Gasteiger charge is 2.72. The Morgan fingerprint density at radius 2 is 2.00 bits per heavy atom. The van der Waals surface area contributed by atoms with Gasteiger partial charge in [0.1, 0.15) is 12.4 Å². The number of carbonyl (C=O) groups excluding carboxylic acids is 2. The lowest BCUT2D eigenvalue weighted by Crippen LogP contribution is -2.50. The van der Waals surface area contributed by atoms with Gasteiger partial charge in [0.05, 0.1) is 11.6 Å². The number of hydrogen-bond donors (Lipinski definition) is 1. The highest BCUT2D eigenvalue weighted by Crippen LogP contribution is 2.57. The molecule has 1 aliphatic heterocycles. The first-order valence-electron chi connectivity index (χ1n) is 7.19. The monoisotopic (exact) mass is 288 g/mol. The first-order chi connectivity index (χ1) is 9.95. The topological polar surface area (TPSA) is 72.6 Å². The van der Waals surface area contributed by atoms with Crippen LogP contribution in [0, 0.1) is 11.8 Å². The van der Waals surface area contributed by atoms with E-state index in [4.69, 9.17) is 10.5 Å². The molecule has 0 spiro atoms. The minimum Gasteiger partial charge on any atom is -0.492 e. The van der Waals surface area contributed by atoms with Gasteiger partial charge in [-0.1, -0.05) is 18.2 Å². The zero-order chi connectivity index (χ0) is 15.2. The van der Waals surface area contributed by atoms with Gasteiger partial charge < -0.3 is 15.4 Å². The van der Waals surface area contributed by atoms with Crippen LogP contribution >= 0.6 is 0 Å². The number of Topliss-reactive ketones (excluding diaryl/α,β-unsaturated/α-hetero) is 1. The van der Waals surface area contributed by atoms with Crippen molar-refractivity contribution in [3.05, 3.63) is 30.3 Å². The van der Waals surface area contributed by atoms with Gasteiger partial charge >= 0.3 is 0 Å². The Morgan fingerprint density at radius 3 is 2.57 bits per heavy atom. The fraction of sp³-hybridized carbons (Fsp3) is 0.500. The van der Waals surface area contributed by atoms with Crippen molar-refractivity contribution in [2.24, 2.45) is 17.6 Å². The molecule has 2 fully saturated rings. The minimum atomic E-state index is -0.502. The SMILES string of the molecule is CC(=O)[C@@H]1C2[C@H](CN1C(C)=O)[C@]2(N)COc1ccccc1. The summed E-state index contributed by atoms with van der Waals surface area (Å²) in [6.07, 6.45) is 0. The van der Waals surface area contributed by atoms with E-state index in [1.54, 1.807) is 4.90 Å². The number of fused-ring (bicyclic) bond motifs is 1. The molecule has 1 saturated carbocycles. The molecule has 1 aromatic rings. The second-order valence-electron chi connectivity index (χ2n) is 6.07. The van der Waals surface area contributed by atoms with E-state index in [9.17, 15) is 9.59 Å². The fourth-order valence-electron chi connectivity index (χ4n) is 3.62. The second-order valence-corrected chi connectivity index (χ2v) is 6.07. The molecule has 3 rings (SSSR count). The summed E-state index contributed by atoms with van der Waals surface area (Å²) in [6.45, 7) is 3.96. The van der Waals surface area contributed by atoms with Crippen molar-refractivity contribution in [3.8, 4) is 5.75 Å². The van der Waals surface area contributed by atoms with E-state index in [1.165, 1.54) is 13.8 Å². The van der Waals surface area contributed by atoms with Crippen LogP contribution < -0.4 is 10.5 Å². The number of piperidine rings is 1. The molecule has 0 radical (unpaired) electrons. The number of nitrogens with two attached hydrogens (primary N) is 1. The third-order valence-electron chi connectivity index (χ3n) is 4.76. The average Bonchev–Trinajstić information content (AvgIpc) is 2.86. The quantitative estimate of drug-likeness (QED) is 0.890. The maximum absolute atomic E-state index is 11.9. The maximum Gasteiger partial charge on any atom is 0.220 e. The molecule has 1 aliphatic carbocycles. The largest absolute Gasteiger partial charge is 0.492 e. The van der Waals surface area contributed by atoms with Crippen molar-refractivity contribution in [1.29, 1.82) is 0 Å². The molecular weight excluding hydrogens is 268 g/mol. The highest BCUT2D eigenvalue weighted by molar-refractivity contribution is 5.89. The number of carbonyl (C=O) groups is 2. The van der Waals surface area contributed by atoms with Gasteiger partial charge in [0.25, 0.3) is 0 Å². The Bertz CT molecular complexity index is 574. The van der Waals surface area contributed by atoms with Crippen LogP contribution in [0.3, 0.4) is 0 Å². The molecule has 1 saturated heterocycles. The summed E-state index contributed by atoms with van der Waals surface area (Å²) in [5.41, 5.74) is 5.92. The Morgan fingerprint density at radius 1 is 1.33 bits per heavy atom. The van der Waals surface area contributed by atoms with Gasteiger partial charge in [-0.25, -0.2) is 0 Å². The highest BCUT2D eigenvalue weighted by atomic mass is 16.5. The molecule has 112 valence electrons. The lowest BCUT2D eigenvalue weighted by Gasteiger charge is -2.29. The summed E-state index contributed by atoms with van der Waals surface area (Å²) >= 11 is 0. The van der Waals surface area contributed by atoms with E-state index in [0.717, 1.165) is 5.75 Å². The predicted octanol–water partition coefficient (Wildman–Crippen LogP) is 0.829. The number of ether oxygens (including phenoxy) is 1. The lowest BCUT2D eigenvalue weighted by molar-refractivity contribution is -0.136. The van der Waals surface area contributed by atoms with Crippen LogP contribution in [0.4, 0.5) is 0 Å². The third kappa shape index (κ3) is 2.21.